The van der Waals surface area contributed by atoms with Crippen molar-refractivity contribution in [3.8, 4) is 0 Å². The highest BCUT2D eigenvalue weighted by Crippen LogP contribution is 2.22. The van der Waals surface area contributed by atoms with Gasteiger partial charge >= 0.3 is 5.97 Å². The molecule has 1 aromatic carbocycles. The number of carboxylic acids is 1. The molecule has 1 rings (SSSR count). The highest BCUT2D eigenvalue weighted by atomic mass is 79.9. The zero-order valence-electron chi connectivity index (χ0n) is 10.4. The number of benzene rings is 1. The minimum atomic E-state index is -1.11. The van der Waals surface area contributed by atoms with Gasteiger partial charge in [0.05, 0.1) is 23.8 Å². The number of carbonyl (C=O) groups excluding carboxylic acids is 1. The van der Waals surface area contributed by atoms with E-state index in [4.69, 9.17) is 15.6 Å². The summed E-state index contributed by atoms with van der Waals surface area (Å²) in [6.07, 6.45) is -0.320. The number of halogens is 1. The lowest BCUT2D eigenvalue weighted by Crippen LogP contribution is -2.28. The fourth-order valence-electron chi connectivity index (χ4n) is 1.48. The standard InChI is InChI=1S/C12H15BrN2O4/c1-19-8(6-14)5-11(16)15-10-4-7(13)2-3-9(10)12(17)18/h2-4,8H,5-6,14H2,1H3,(H,15,16)(H,17,18). The molecule has 0 fully saturated rings. The largest absolute Gasteiger partial charge is 0.478 e. The summed E-state index contributed by atoms with van der Waals surface area (Å²) in [5.74, 6) is -1.46. The number of carbonyl (C=O) groups is 2. The molecule has 0 aliphatic rings. The lowest BCUT2D eigenvalue weighted by atomic mass is 10.1. The number of rotatable bonds is 6. The van der Waals surface area contributed by atoms with E-state index in [1.54, 1.807) is 6.07 Å². The molecule has 0 spiro atoms. The molecule has 4 N–H and O–H groups in total. The van der Waals surface area contributed by atoms with E-state index >= 15 is 0 Å². The molecule has 1 aromatic rings. The topological polar surface area (TPSA) is 102 Å². The number of aromatic carboxylic acids is 1. The second kappa shape index (κ2) is 7.22. The van der Waals surface area contributed by atoms with Crippen molar-refractivity contribution in [3.63, 3.8) is 0 Å². The van der Waals surface area contributed by atoms with Crippen molar-refractivity contribution in [1.82, 2.24) is 0 Å². The molecule has 0 heterocycles. The second-order valence-electron chi connectivity index (χ2n) is 3.84. The summed E-state index contributed by atoms with van der Waals surface area (Å²) < 4.78 is 5.67. The van der Waals surface area contributed by atoms with Crippen LogP contribution in [0.15, 0.2) is 22.7 Å². The van der Waals surface area contributed by atoms with Crippen molar-refractivity contribution in [2.45, 2.75) is 12.5 Å². The number of ether oxygens (including phenoxy) is 1. The predicted molar refractivity (Wildman–Crippen MR) is 74.2 cm³/mol. The fourth-order valence-corrected chi connectivity index (χ4v) is 1.84. The van der Waals surface area contributed by atoms with Gasteiger partial charge in [-0.3, -0.25) is 4.79 Å². The molecule has 1 unspecified atom stereocenters. The van der Waals surface area contributed by atoms with Crippen LogP contribution in [0.2, 0.25) is 0 Å². The third kappa shape index (κ3) is 4.62. The van der Waals surface area contributed by atoms with E-state index in [1.165, 1.54) is 19.2 Å². The smallest absolute Gasteiger partial charge is 0.337 e. The first-order valence-electron chi connectivity index (χ1n) is 5.53. The predicted octanol–water partition coefficient (Wildman–Crippen LogP) is 1.45. The van der Waals surface area contributed by atoms with Gasteiger partial charge in [0.25, 0.3) is 0 Å². The van der Waals surface area contributed by atoms with E-state index in [1.807, 2.05) is 0 Å². The molecule has 19 heavy (non-hydrogen) atoms. The van der Waals surface area contributed by atoms with Crippen LogP contribution < -0.4 is 11.1 Å². The molecule has 6 nitrogen and oxygen atoms in total. The first kappa shape index (κ1) is 15.6. The first-order chi connectivity index (χ1) is 8.97. The Bertz CT molecular complexity index is 475. The van der Waals surface area contributed by atoms with Gasteiger partial charge in [-0.1, -0.05) is 15.9 Å². The quantitative estimate of drug-likeness (QED) is 0.732. The Morgan fingerprint density at radius 3 is 2.74 bits per heavy atom. The van der Waals surface area contributed by atoms with Gasteiger partial charge < -0.3 is 20.9 Å². The average Bonchev–Trinajstić information content (AvgIpc) is 2.35. The third-order valence-electron chi connectivity index (χ3n) is 2.50. The molecule has 1 amide bonds. The van der Waals surface area contributed by atoms with Crippen LogP contribution in [-0.4, -0.2) is 36.7 Å². The first-order valence-corrected chi connectivity index (χ1v) is 6.32. The summed E-state index contributed by atoms with van der Waals surface area (Å²) in [6, 6.07) is 4.54. The van der Waals surface area contributed by atoms with Crippen molar-refractivity contribution in [3.05, 3.63) is 28.2 Å². The summed E-state index contributed by atoms with van der Waals surface area (Å²) in [4.78, 5) is 22.8. The van der Waals surface area contributed by atoms with Gasteiger partial charge in [-0.05, 0) is 18.2 Å². The Balaban J connectivity index is 2.83. The van der Waals surface area contributed by atoms with Gasteiger partial charge in [0, 0.05) is 18.1 Å². The van der Waals surface area contributed by atoms with Gasteiger partial charge in [-0.25, -0.2) is 4.79 Å². The maximum atomic E-state index is 11.8. The Morgan fingerprint density at radius 2 is 2.21 bits per heavy atom. The molecule has 0 aliphatic carbocycles. The summed E-state index contributed by atoms with van der Waals surface area (Å²) in [6.45, 7) is 0.216. The van der Waals surface area contributed by atoms with Crippen molar-refractivity contribution in [2.24, 2.45) is 5.73 Å². The van der Waals surface area contributed by atoms with Crippen LogP contribution in [-0.2, 0) is 9.53 Å². The molecule has 0 saturated heterocycles. The van der Waals surface area contributed by atoms with Crippen LogP contribution in [0.5, 0.6) is 0 Å². The number of hydrogen-bond acceptors (Lipinski definition) is 4. The van der Waals surface area contributed by atoms with Gasteiger partial charge in [-0.2, -0.15) is 0 Å². The molecular formula is C12H15BrN2O4. The minimum Gasteiger partial charge on any atom is -0.478 e. The summed E-state index contributed by atoms with van der Waals surface area (Å²) in [5, 5.41) is 11.6. The van der Waals surface area contributed by atoms with Crippen molar-refractivity contribution >= 4 is 33.5 Å². The number of amides is 1. The van der Waals surface area contributed by atoms with E-state index in [2.05, 4.69) is 21.2 Å². The Hall–Kier alpha value is -1.44. The molecule has 0 aromatic heterocycles. The van der Waals surface area contributed by atoms with Gasteiger partial charge in [-0.15, -0.1) is 0 Å². The molecule has 104 valence electrons. The third-order valence-corrected chi connectivity index (χ3v) is 2.99. The number of hydrogen-bond donors (Lipinski definition) is 3. The monoisotopic (exact) mass is 330 g/mol. The molecule has 0 saturated carbocycles. The maximum absolute atomic E-state index is 11.8. The zero-order chi connectivity index (χ0) is 14.4. The molecule has 1 atom stereocenters. The van der Waals surface area contributed by atoms with E-state index in [9.17, 15) is 9.59 Å². The van der Waals surface area contributed by atoms with Crippen LogP contribution >= 0.6 is 15.9 Å². The Kier molecular flexibility index (Phi) is 5.94. The lowest BCUT2D eigenvalue weighted by Gasteiger charge is -2.13. The van der Waals surface area contributed by atoms with E-state index in [0.717, 1.165) is 0 Å². The highest BCUT2D eigenvalue weighted by Gasteiger charge is 2.15. The summed E-state index contributed by atoms with van der Waals surface area (Å²) in [5.41, 5.74) is 5.68. The Labute approximate surface area is 119 Å². The van der Waals surface area contributed by atoms with E-state index in [-0.39, 0.29) is 36.2 Å². The molecule has 7 heteroatoms. The minimum absolute atomic E-state index is 0.0262. The fraction of sp³-hybridized carbons (Fsp3) is 0.333. The van der Waals surface area contributed by atoms with E-state index in [0.29, 0.717) is 4.47 Å². The average molecular weight is 331 g/mol. The zero-order valence-corrected chi connectivity index (χ0v) is 11.9. The van der Waals surface area contributed by atoms with Crippen LogP contribution in [0.3, 0.4) is 0 Å². The van der Waals surface area contributed by atoms with Crippen LogP contribution in [0, 0.1) is 0 Å². The summed E-state index contributed by atoms with van der Waals surface area (Å²) >= 11 is 3.22. The maximum Gasteiger partial charge on any atom is 0.337 e. The van der Waals surface area contributed by atoms with Crippen molar-refractivity contribution in [1.29, 1.82) is 0 Å². The normalized spacial score (nSPS) is 11.9. The van der Waals surface area contributed by atoms with Crippen LogP contribution in [0.25, 0.3) is 0 Å². The molecule has 0 aliphatic heterocycles. The van der Waals surface area contributed by atoms with Crippen molar-refractivity contribution < 1.29 is 19.4 Å². The molecule has 0 radical (unpaired) electrons. The number of nitrogens with one attached hydrogen (secondary N) is 1. The van der Waals surface area contributed by atoms with E-state index < -0.39 is 5.97 Å². The molecular weight excluding hydrogens is 316 g/mol. The highest BCUT2D eigenvalue weighted by molar-refractivity contribution is 9.10. The number of carboxylic acid groups (broad SMARTS) is 1. The van der Waals surface area contributed by atoms with Gasteiger partial charge in [0.1, 0.15) is 0 Å². The number of nitrogens with two attached hydrogens (primary N) is 1. The Morgan fingerprint density at radius 1 is 1.53 bits per heavy atom. The van der Waals surface area contributed by atoms with Crippen LogP contribution in [0.4, 0.5) is 5.69 Å². The molecule has 0 bridgehead atoms. The van der Waals surface area contributed by atoms with Crippen molar-refractivity contribution in [2.75, 3.05) is 19.0 Å². The van der Waals surface area contributed by atoms with Gasteiger partial charge in [0.15, 0.2) is 0 Å². The lowest BCUT2D eigenvalue weighted by molar-refractivity contribution is -0.118. The van der Waals surface area contributed by atoms with Gasteiger partial charge in [0.2, 0.25) is 5.91 Å². The second-order valence-corrected chi connectivity index (χ2v) is 4.76. The number of anilines is 1. The SMILES string of the molecule is COC(CN)CC(=O)Nc1cc(Br)ccc1C(=O)O. The summed E-state index contributed by atoms with van der Waals surface area (Å²) in [7, 11) is 1.46. The van der Waals surface area contributed by atoms with Crippen LogP contribution in [0.1, 0.15) is 16.8 Å². The number of methoxy groups -OCH3 is 1.